The Morgan fingerprint density at radius 3 is 2.79 bits per heavy atom. The molecule has 1 aromatic carbocycles. The van der Waals surface area contributed by atoms with Crippen LogP contribution in [0.1, 0.15) is 38.4 Å². The Morgan fingerprint density at radius 1 is 1.25 bits per heavy atom. The van der Waals surface area contributed by atoms with Crippen LogP contribution in [0, 0.1) is 5.82 Å². The Morgan fingerprint density at radius 2 is 2.04 bits per heavy atom. The van der Waals surface area contributed by atoms with E-state index in [0.29, 0.717) is 23.5 Å². The summed E-state index contributed by atoms with van der Waals surface area (Å²) in [4.78, 5) is 2.52. The molecule has 0 saturated carbocycles. The van der Waals surface area contributed by atoms with E-state index in [1.54, 1.807) is 17.2 Å². The van der Waals surface area contributed by atoms with Crippen molar-refractivity contribution >= 4 is 26.5 Å². The highest BCUT2D eigenvalue weighted by Gasteiger charge is 2.37. The highest BCUT2D eigenvalue weighted by atomic mass is 32.2. The minimum atomic E-state index is -0.361. The molecule has 3 unspecified atom stereocenters. The molecule has 3 aliphatic heterocycles. The fourth-order valence-electron chi connectivity index (χ4n) is 4.58. The first-order valence-corrected chi connectivity index (χ1v) is 11.6. The third-order valence-electron chi connectivity index (χ3n) is 5.92. The smallest absolute Gasteiger partial charge is 0.129 e. The van der Waals surface area contributed by atoms with E-state index in [4.69, 9.17) is 10.5 Å². The molecule has 3 aliphatic rings. The summed E-state index contributed by atoms with van der Waals surface area (Å²) in [5.41, 5.74) is 10.2. The molecule has 4 atom stereocenters. The van der Waals surface area contributed by atoms with Gasteiger partial charge in [0.2, 0.25) is 0 Å². The van der Waals surface area contributed by atoms with E-state index in [2.05, 4.69) is 32.3 Å². The Hall–Kier alpha value is -0.490. The zero-order valence-electron chi connectivity index (χ0n) is 16.7. The van der Waals surface area contributed by atoms with Crippen LogP contribution in [0.3, 0.4) is 0 Å². The van der Waals surface area contributed by atoms with Gasteiger partial charge in [-0.1, -0.05) is 37.4 Å². The highest BCUT2D eigenvalue weighted by Crippen LogP contribution is 2.35. The van der Waals surface area contributed by atoms with Gasteiger partial charge < -0.3 is 10.5 Å². The van der Waals surface area contributed by atoms with Crippen LogP contribution >= 0.6 is 21.2 Å². The second kappa shape index (κ2) is 8.71. The third kappa shape index (κ3) is 4.48. The molecule has 0 aliphatic carbocycles. The van der Waals surface area contributed by atoms with Crippen LogP contribution in [0.2, 0.25) is 0 Å². The van der Waals surface area contributed by atoms with Gasteiger partial charge in [0.25, 0.3) is 0 Å². The minimum absolute atomic E-state index is 0.189. The van der Waals surface area contributed by atoms with E-state index < -0.39 is 0 Å². The average molecular weight is 424 g/mol. The van der Waals surface area contributed by atoms with Gasteiger partial charge >= 0.3 is 0 Å². The van der Waals surface area contributed by atoms with Crippen molar-refractivity contribution in [1.29, 1.82) is 0 Å². The highest BCUT2D eigenvalue weighted by molar-refractivity contribution is 7.97. The number of hydrogen-bond donors (Lipinski definition) is 1. The number of nitrogens with two attached hydrogens (primary N) is 1. The molecule has 2 N–H and O–H groups in total. The number of rotatable bonds is 4. The number of nitrogens with zero attached hydrogens (tertiary/aromatic N) is 2. The van der Waals surface area contributed by atoms with E-state index in [1.807, 2.05) is 18.0 Å². The topological polar surface area (TPSA) is 41.7 Å². The first kappa shape index (κ1) is 20.8. The Bertz CT molecular complexity index is 759. The van der Waals surface area contributed by atoms with Crippen molar-refractivity contribution in [2.24, 2.45) is 5.73 Å². The summed E-state index contributed by atoms with van der Waals surface area (Å²) in [6, 6.07) is 5.21. The summed E-state index contributed by atoms with van der Waals surface area (Å²) in [7, 11) is 2.62. The van der Waals surface area contributed by atoms with Crippen molar-refractivity contribution in [2.45, 2.75) is 50.1 Å². The number of halogens is 1. The molecular formula is C21H31FN3OPS. The van der Waals surface area contributed by atoms with Crippen molar-refractivity contribution in [2.75, 3.05) is 32.8 Å². The summed E-state index contributed by atoms with van der Waals surface area (Å²) in [6.45, 7) is 9.39. The Balaban J connectivity index is 1.36. The largest absolute Gasteiger partial charge is 0.370 e. The van der Waals surface area contributed by atoms with Crippen molar-refractivity contribution in [3.8, 4) is 0 Å². The minimum Gasteiger partial charge on any atom is -0.370 e. The molecular weight excluding hydrogens is 392 g/mol. The van der Waals surface area contributed by atoms with Crippen LogP contribution in [0.5, 0.6) is 0 Å². The second-order valence-corrected chi connectivity index (χ2v) is 10.8. The lowest BCUT2D eigenvalue weighted by molar-refractivity contribution is -0.0463. The summed E-state index contributed by atoms with van der Waals surface area (Å²) < 4.78 is 22.9. The maximum absolute atomic E-state index is 14.3. The molecule has 1 fully saturated rings. The molecule has 1 aromatic rings. The van der Waals surface area contributed by atoms with E-state index >= 15 is 0 Å². The fourth-order valence-corrected chi connectivity index (χ4v) is 5.88. The molecule has 0 spiro atoms. The second-order valence-electron chi connectivity index (χ2n) is 8.47. The van der Waals surface area contributed by atoms with Gasteiger partial charge in [-0.05, 0) is 35.9 Å². The number of benzene rings is 1. The molecule has 28 heavy (non-hydrogen) atoms. The molecule has 0 amide bonds. The quantitative estimate of drug-likeness (QED) is 0.458. The van der Waals surface area contributed by atoms with Crippen LogP contribution < -0.4 is 11.0 Å². The van der Waals surface area contributed by atoms with E-state index in [-0.39, 0.29) is 18.0 Å². The zero-order chi connectivity index (χ0) is 19.8. The first-order chi connectivity index (χ1) is 13.4. The van der Waals surface area contributed by atoms with Gasteiger partial charge in [0, 0.05) is 49.1 Å². The van der Waals surface area contributed by atoms with Crippen LogP contribution in [0.25, 0.3) is 0 Å². The molecule has 0 aromatic heterocycles. The van der Waals surface area contributed by atoms with Crippen molar-refractivity contribution in [3.63, 3.8) is 0 Å². The van der Waals surface area contributed by atoms with Gasteiger partial charge in [0.15, 0.2) is 0 Å². The van der Waals surface area contributed by atoms with E-state index in [9.17, 15) is 4.39 Å². The van der Waals surface area contributed by atoms with Crippen LogP contribution in [-0.4, -0.2) is 59.3 Å². The molecule has 4 rings (SSSR count). The SMILES string of the molecule is CC(C)SN1CCC2=C(C1)CN(C1CO[C@H](c3cc(P)ccc3F)C(N)C1)C2. The summed E-state index contributed by atoms with van der Waals surface area (Å²) >= 11 is 1.96. The van der Waals surface area contributed by atoms with Crippen LogP contribution in [0.4, 0.5) is 4.39 Å². The molecule has 0 bridgehead atoms. The van der Waals surface area contributed by atoms with Gasteiger partial charge in [0.05, 0.1) is 6.61 Å². The van der Waals surface area contributed by atoms with Gasteiger partial charge in [-0.25, -0.2) is 8.70 Å². The van der Waals surface area contributed by atoms with Gasteiger partial charge in [0.1, 0.15) is 11.9 Å². The van der Waals surface area contributed by atoms with Gasteiger partial charge in [-0.15, -0.1) is 9.24 Å². The monoisotopic (exact) mass is 423 g/mol. The molecule has 0 radical (unpaired) electrons. The predicted octanol–water partition coefficient (Wildman–Crippen LogP) is 2.86. The maximum atomic E-state index is 14.3. The summed E-state index contributed by atoms with van der Waals surface area (Å²) in [6.07, 6.45) is 1.65. The van der Waals surface area contributed by atoms with Crippen LogP contribution in [0.15, 0.2) is 29.3 Å². The third-order valence-corrected chi connectivity index (χ3v) is 7.31. The van der Waals surface area contributed by atoms with Gasteiger partial charge in [-0.2, -0.15) is 0 Å². The number of hydrogen-bond acceptors (Lipinski definition) is 5. The zero-order valence-corrected chi connectivity index (χ0v) is 18.7. The van der Waals surface area contributed by atoms with Crippen molar-refractivity contribution in [1.82, 2.24) is 9.21 Å². The normalized spacial score (nSPS) is 29.6. The fraction of sp³-hybridized carbons (Fsp3) is 0.619. The predicted molar refractivity (Wildman–Crippen MR) is 118 cm³/mol. The first-order valence-electron chi connectivity index (χ1n) is 10.2. The van der Waals surface area contributed by atoms with Gasteiger partial charge in [-0.3, -0.25) is 4.90 Å². The molecule has 1 saturated heterocycles. The lowest BCUT2D eigenvalue weighted by Crippen LogP contribution is -2.49. The Kier molecular flexibility index (Phi) is 6.46. The van der Waals surface area contributed by atoms with Crippen molar-refractivity contribution < 1.29 is 9.13 Å². The lowest BCUT2D eigenvalue weighted by Gasteiger charge is -2.39. The summed E-state index contributed by atoms with van der Waals surface area (Å²) in [5.74, 6) is -0.230. The molecule has 7 heteroatoms. The number of ether oxygens (including phenoxy) is 1. The maximum Gasteiger partial charge on any atom is 0.129 e. The molecule has 4 nitrogen and oxygen atoms in total. The summed E-state index contributed by atoms with van der Waals surface area (Å²) in [5, 5.41) is 1.58. The van der Waals surface area contributed by atoms with E-state index in [0.717, 1.165) is 37.9 Å². The average Bonchev–Trinajstić information content (AvgIpc) is 3.07. The standard InChI is InChI=1S/C21H31FN3OPS/c1-13(2)28-25-6-5-14-9-24(10-15(14)11-25)16-7-20(23)21(26-12-16)18-8-17(27)3-4-19(18)22/h3-4,8,13,16,20-21H,5-7,9-12,23,27H2,1-2H3/t16?,20?,21-/m1/s1. The van der Waals surface area contributed by atoms with Crippen molar-refractivity contribution in [3.05, 3.63) is 40.7 Å². The molecule has 3 heterocycles. The van der Waals surface area contributed by atoms with E-state index in [1.165, 1.54) is 12.5 Å². The Labute approximate surface area is 174 Å². The molecule has 154 valence electrons. The van der Waals surface area contributed by atoms with Crippen LogP contribution in [-0.2, 0) is 4.74 Å². The lowest BCUT2D eigenvalue weighted by atomic mass is 9.93.